The summed E-state index contributed by atoms with van der Waals surface area (Å²) in [6, 6.07) is 13.5. The van der Waals surface area contributed by atoms with E-state index in [0.29, 0.717) is 28.3 Å². The lowest BCUT2D eigenvalue weighted by atomic mass is 10.1. The average Bonchev–Trinajstić information content (AvgIpc) is 2.46. The van der Waals surface area contributed by atoms with Crippen molar-refractivity contribution in [1.29, 1.82) is 5.26 Å². The molecule has 20 heavy (non-hydrogen) atoms. The van der Waals surface area contributed by atoms with Gasteiger partial charge in [0.1, 0.15) is 5.75 Å². The fourth-order valence-corrected chi connectivity index (χ4v) is 1.74. The molecule has 0 aromatic heterocycles. The number of carbonyl (C=O) groups excluding carboxylic acids is 1. The van der Waals surface area contributed by atoms with Crippen molar-refractivity contribution in [3.63, 3.8) is 0 Å². The Kier molecular flexibility index (Phi) is 3.87. The first-order valence-corrected chi connectivity index (χ1v) is 5.88. The molecule has 1 amide bonds. The maximum absolute atomic E-state index is 12.1. The number of amides is 1. The first kappa shape index (κ1) is 13.4. The van der Waals surface area contributed by atoms with Gasteiger partial charge < -0.3 is 15.8 Å². The van der Waals surface area contributed by atoms with E-state index in [1.54, 1.807) is 42.5 Å². The molecule has 0 aliphatic carbocycles. The van der Waals surface area contributed by atoms with Crippen LogP contribution in [0.5, 0.6) is 5.75 Å². The number of methoxy groups -OCH3 is 1. The second kappa shape index (κ2) is 5.76. The van der Waals surface area contributed by atoms with Crippen LogP contribution in [-0.4, -0.2) is 13.0 Å². The third-order valence-corrected chi connectivity index (χ3v) is 2.68. The molecule has 0 saturated carbocycles. The molecule has 0 aliphatic rings. The lowest BCUT2D eigenvalue weighted by molar-refractivity contribution is 0.102. The molecule has 0 saturated heterocycles. The number of nitriles is 1. The SMILES string of the molecule is COc1cc(N)cc(C(=O)Nc2cccc(C#N)c2)c1. The summed E-state index contributed by atoms with van der Waals surface area (Å²) in [5.41, 5.74) is 7.58. The van der Waals surface area contributed by atoms with Crippen LogP contribution >= 0.6 is 0 Å². The predicted octanol–water partition coefficient (Wildman–Crippen LogP) is 2.40. The number of ether oxygens (including phenoxy) is 1. The van der Waals surface area contributed by atoms with Crippen LogP contribution in [0.2, 0.25) is 0 Å². The van der Waals surface area contributed by atoms with Crippen molar-refractivity contribution in [3.05, 3.63) is 53.6 Å². The lowest BCUT2D eigenvalue weighted by Crippen LogP contribution is -2.12. The standard InChI is InChI=1S/C15H13N3O2/c1-20-14-7-11(6-12(17)8-14)15(19)18-13-4-2-3-10(5-13)9-16/h2-8H,17H2,1H3,(H,18,19). The van der Waals surface area contributed by atoms with E-state index < -0.39 is 0 Å². The molecule has 2 aromatic rings. The Labute approximate surface area is 116 Å². The molecule has 0 bridgehead atoms. The summed E-state index contributed by atoms with van der Waals surface area (Å²) in [6.07, 6.45) is 0. The summed E-state index contributed by atoms with van der Waals surface area (Å²) in [5.74, 6) is 0.201. The van der Waals surface area contributed by atoms with Gasteiger partial charge in [0.2, 0.25) is 0 Å². The third kappa shape index (κ3) is 3.06. The molecule has 0 fully saturated rings. The monoisotopic (exact) mass is 267 g/mol. The van der Waals surface area contributed by atoms with E-state index in [-0.39, 0.29) is 5.91 Å². The average molecular weight is 267 g/mol. The fourth-order valence-electron chi connectivity index (χ4n) is 1.74. The number of anilines is 2. The number of nitrogens with one attached hydrogen (secondary N) is 1. The van der Waals surface area contributed by atoms with E-state index in [0.717, 1.165) is 0 Å². The zero-order chi connectivity index (χ0) is 14.5. The first-order valence-electron chi connectivity index (χ1n) is 5.88. The normalized spacial score (nSPS) is 9.60. The van der Waals surface area contributed by atoms with Crippen LogP contribution in [0.3, 0.4) is 0 Å². The van der Waals surface area contributed by atoms with Gasteiger partial charge >= 0.3 is 0 Å². The van der Waals surface area contributed by atoms with Crippen molar-refractivity contribution in [2.75, 3.05) is 18.2 Å². The Morgan fingerprint density at radius 3 is 2.80 bits per heavy atom. The Balaban J connectivity index is 2.23. The van der Waals surface area contributed by atoms with Crippen LogP contribution in [0, 0.1) is 11.3 Å². The summed E-state index contributed by atoms with van der Waals surface area (Å²) in [7, 11) is 1.51. The zero-order valence-corrected chi connectivity index (χ0v) is 10.9. The van der Waals surface area contributed by atoms with Crippen LogP contribution < -0.4 is 15.8 Å². The Bertz CT molecular complexity index is 690. The Morgan fingerprint density at radius 1 is 1.30 bits per heavy atom. The maximum Gasteiger partial charge on any atom is 0.255 e. The number of rotatable bonds is 3. The van der Waals surface area contributed by atoms with Crippen LogP contribution in [0.25, 0.3) is 0 Å². The van der Waals surface area contributed by atoms with Crippen LogP contribution in [0.15, 0.2) is 42.5 Å². The molecule has 0 atom stereocenters. The highest BCUT2D eigenvalue weighted by molar-refractivity contribution is 6.05. The van der Waals surface area contributed by atoms with E-state index >= 15 is 0 Å². The van der Waals surface area contributed by atoms with Crippen LogP contribution in [0.4, 0.5) is 11.4 Å². The summed E-state index contributed by atoms with van der Waals surface area (Å²) in [4.78, 5) is 12.1. The topological polar surface area (TPSA) is 88.1 Å². The van der Waals surface area contributed by atoms with E-state index in [9.17, 15) is 4.79 Å². The molecule has 0 aliphatic heterocycles. The molecule has 2 aromatic carbocycles. The molecule has 100 valence electrons. The van der Waals surface area contributed by atoms with Crippen molar-refractivity contribution < 1.29 is 9.53 Å². The number of hydrogen-bond donors (Lipinski definition) is 2. The summed E-state index contributed by atoms with van der Waals surface area (Å²) in [5, 5.41) is 11.5. The smallest absolute Gasteiger partial charge is 0.255 e. The molecular formula is C15H13N3O2. The summed E-state index contributed by atoms with van der Waals surface area (Å²) >= 11 is 0. The van der Waals surface area contributed by atoms with Gasteiger partial charge in [-0.15, -0.1) is 0 Å². The number of benzene rings is 2. The van der Waals surface area contributed by atoms with Crippen molar-refractivity contribution in [2.45, 2.75) is 0 Å². The number of nitrogen functional groups attached to an aromatic ring is 1. The van der Waals surface area contributed by atoms with Gasteiger partial charge in [-0.3, -0.25) is 4.79 Å². The largest absolute Gasteiger partial charge is 0.497 e. The summed E-state index contributed by atoms with van der Waals surface area (Å²) in [6.45, 7) is 0. The minimum Gasteiger partial charge on any atom is -0.497 e. The number of nitrogens with zero attached hydrogens (tertiary/aromatic N) is 1. The van der Waals surface area contributed by atoms with Gasteiger partial charge in [0.25, 0.3) is 5.91 Å². The van der Waals surface area contributed by atoms with Crippen LogP contribution in [0.1, 0.15) is 15.9 Å². The van der Waals surface area contributed by atoms with Gasteiger partial charge in [0.05, 0.1) is 18.7 Å². The highest BCUT2D eigenvalue weighted by Crippen LogP contribution is 2.20. The summed E-state index contributed by atoms with van der Waals surface area (Å²) < 4.78 is 5.07. The number of nitrogens with two attached hydrogens (primary N) is 1. The van der Waals surface area contributed by atoms with Gasteiger partial charge in [0, 0.05) is 23.0 Å². The van der Waals surface area contributed by atoms with Gasteiger partial charge in [-0.05, 0) is 30.3 Å². The Hall–Kier alpha value is -3.00. The van der Waals surface area contributed by atoms with E-state index in [1.165, 1.54) is 7.11 Å². The maximum atomic E-state index is 12.1. The molecular weight excluding hydrogens is 254 g/mol. The molecule has 3 N–H and O–H groups in total. The van der Waals surface area contributed by atoms with E-state index in [2.05, 4.69) is 5.32 Å². The molecule has 2 rings (SSSR count). The highest BCUT2D eigenvalue weighted by atomic mass is 16.5. The first-order chi connectivity index (χ1) is 9.62. The second-order valence-corrected chi connectivity index (χ2v) is 4.14. The third-order valence-electron chi connectivity index (χ3n) is 2.68. The molecule has 0 unspecified atom stereocenters. The molecule has 5 heteroatoms. The van der Waals surface area contributed by atoms with Gasteiger partial charge in [-0.2, -0.15) is 5.26 Å². The van der Waals surface area contributed by atoms with Crippen LogP contribution in [-0.2, 0) is 0 Å². The fraction of sp³-hybridized carbons (Fsp3) is 0.0667. The van der Waals surface area contributed by atoms with Gasteiger partial charge in [-0.25, -0.2) is 0 Å². The minimum absolute atomic E-state index is 0.314. The highest BCUT2D eigenvalue weighted by Gasteiger charge is 2.09. The minimum atomic E-state index is -0.314. The van der Waals surface area contributed by atoms with E-state index in [1.807, 2.05) is 6.07 Å². The predicted molar refractivity (Wildman–Crippen MR) is 76.5 cm³/mol. The zero-order valence-electron chi connectivity index (χ0n) is 10.9. The van der Waals surface area contributed by atoms with E-state index in [4.69, 9.17) is 15.7 Å². The van der Waals surface area contributed by atoms with Crippen molar-refractivity contribution in [3.8, 4) is 11.8 Å². The Morgan fingerprint density at radius 2 is 2.10 bits per heavy atom. The van der Waals surface area contributed by atoms with Crippen molar-refractivity contribution in [2.24, 2.45) is 0 Å². The number of hydrogen-bond acceptors (Lipinski definition) is 4. The van der Waals surface area contributed by atoms with Gasteiger partial charge in [0.15, 0.2) is 0 Å². The second-order valence-electron chi connectivity index (χ2n) is 4.14. The molecule has 0 radical (unpaired) electrons. The lowest BCUT2D eigenvalue weighted by Gasteiger charge is -2.08. The van der Waals surface area contributed by atoms with Crippen molar-refractivity contribution >= 4 is 17.3 Å². The van der Waals surface area contributed by atoms with Gasteiger partial charge in [-0.1, -0.05) is 6.07 Å². The quantitative estimate of drug-likeness (QED) is 0.836. The molecule has 5 nitrogen and oxygen atoms in total. The van der Waals surface area contributed by atoms with Crippen molar-refractivity contribution in [1.82, 2.24) is 0 Å². The molecule has 0 heterocycles. The molecule has 0 spiro atoms. The number of carbonyl (C=O) groups is 1.